The van der Waals surface area contributed by atoms with Crippen molar-refractivity contribution in [2.24, 2.45) is 5.73 Å². The van der Waals surface area contributed by atoms with E-state index < -0.39 is 0 Å². The molecule has 0 saturated heterocycles. The molecule has 0 unspecified atom stereocenters. The maximum absolute atomic E-state index is 12.2. The van der Waals surface area contributed by atoms with Crippen LogP contribution in [0.5, 0.6) is 0 Å². The lowest BCUT2D eigenvalue weighted by Gasteiger charge is -2.24. The number of hydrogen-bond acceptors (Lipinski definition) is 2. The number of anilines is 1. The third-order valence-corrected chi connectivity index (χ3v) is 2.95. The molecule has 0 aliphatic heterocycles. The van der Waals surface area contributed by atoms with E-state index in [0.717, 1.165) is 5.69 Å². The topological polar surface area (TPSA) is 46.3 Å². The van der Waals surface area contributed by atoms with Crippen LogP contribution in [0.3, 0.4) is 0 Å². The van der Waals surface area contributed by atoms with Gasteiger partial charge in [0.1, 0.15) is 0 Å². The summed E-state index contributed by atoms with van der Waals surface area (Å²) in [4.78, 5) is 14.0. The van der Waals surface area contributed by atoms with Gasteiger partial charge >= 0.3 is 0 Å². The molecule has 0 spiro atoms. The Morgan fingerprint density at radius 1 is 1.28 bits per heavy atom. The second-order valence-corrected chi connectivity index (χ2v) is 5.46. The highest BCUT2D eigenvalue weighted by Crippen LogP contribution is 2.17. The standard InChI is InChI=1S/C15H24N2O/c1-5-17(13-8-6-12(2)7-9-13)14(18)10-11-15(3,4)16/h6-9H,5,10-11,16H2,1-4H3. The van der Waals surface area contributed by atoms with E-state index in [1.807, 2.05) is 56.9 Å². The Morgan fingerprint density at radius 2 is 1.83 bits per heavy atom. The Labute approximate surface area is 110 Å². The van der Waals surface area contributed by atoms with Crippen molar-refractivity contribution in [3.63, 3.8) is 0 Å². The molecule has 1 rings (SSSR count). The molecule has 3 heteroatoms. The predicted molar refractivity (Wildman–Crippen MR) is 76.7 cm³/mol. The molecule has 0 saturated carbocycles. The van der Waals surface area contributed by atoms with Crippen LogP contribution < -0.4 is 10.6 Å². The van der Waals surface area contributed by atoms with E-state index in [9.17, 15) is 4.79 Å². The summed E-state index contributed by atoms with van der Waals surface area (Å²) in [5.74, 6) is 0.139. The first-order chi connectivity index (χ1) is 8.33. The lowest BCUT2D eigenvalue weighted by atomic mass is 9.99. The SMILES string of the molecule is CCN(C(=O)CCC(C)(C)N)c1ccc(C)cc1. The maximum Gasteiger partial charge on any atom is 0.227 e. The maximum atomic E-state index is 12.2. The van der Waals surface area contributed by atoms with E-state index >= 15 is 0 Å². The van der Waals surface area contributed by atoms with E-state index in [1.54, 1.807) is 0 Å². The van der Waals surface area contributed by atoms with Crippen LogP contribution in [-0.4, -0.2) is 18.0 Å². The van der Waals surface area contributed by atoms with Crippen LogP contribution in [0.15, 0.2) is 24.3 Å². The molecule has 0 bridgehead atoms. The first kappa shape index (κ1) is 14.7. The Kier molecular flexibility index (Phi) is 4.91. The van der Waals surface area contributed by atoms with Gasteiger partial charge in [0.25, 0.3) is 0 Å². The van der Waals surface area contributed by atoms with Gasteiger partial charge in [0.2, 0.25) is 5.91 Å². The van der Waals surface area contributed by atoms with Crippen LogP contribution in [-0.2, 0) is 4.79 Å². The molecule has 0 aliphatic rings. The Balaban J connectivity index is 2.71. The molecule has 0 radical (unpaired) electrons. The highest BCUT2D eigenvalue weighted by atomic mass is 16.2. The molecule has 2 N–H and O–H groups in total. The molecule has 0 heterocycles. The monoisotopic (exact) mass is 248 g/mol. The Bertz CT molecular complexity index is 390. The fraction of sp³-hybridized carbons (Fsp3) is 0.533. The first-order valence-corrected chi connectivity index (χ1v) is 6.49. The molecule has 1 amide bonds. The molecular formula is C15H24N2O. The van der Waals surface area contributed by atoms with Crippen LogP contribution >= 0.6 is 0 Å². The van der Waals surface area contributed by atoms with E-state index in [4.69, 9.17) is 5.73 Å². The fourth-order valence-electron chi connectivity index (χ4n) is 1.79. The number of hydrogen-bond donors (Lipinski definition) is 1. The van der Waals surface area contributed by atoms with Crippen LogP contribution in [0, 0.1) is 6.92 Å². The number of nitrogens with zero attached hydrogens (tertiary/aromatic N) is 1. The van der Waals surface area contributed by atoms with Crippen molar-refractivity contribution >= 4 is 11.6 Å². The number of nitrogens with two attached hydrogens (primary N) is 1. The third kappa shape index (κ3) is 4.49. The summed E-state index contributed by atoms with van der Waals surface area (Å²) < 4.78 is 0. The first-order valence-electron chi connectivity index (χ1n) is 6.49. The molecule has 0 aromatic heterocycles. The summed E-state index contributed by atoms with van der Waals surface area (Å²) in [6.45, 7) is 8.61. The fourth-order valence-corrected chi connectivity index (χ4v) is 1.79. The molecule has 18 heavy (non-hydrogen) atoms. The summed E-state index contributed by atoms with van der Waals surface area (Å²) in [7, 11) is 0. The Morgan fingerprint density at radius 3 is 2.28 bits per heavy atom. The van der Waals surface area contributed by atoms with Crippen molar-refractivity contribution in [2.75, 3.05) is 11.4 Å². The largest absolute Gasteiger partial charge is 0.326 e. The van der Waals surface area contributed by atoms with Crippen LogP contribution in [0.25, 0.3) is 0 Å². The van der Waals surface area contributed by atoms with Gasteiger partial charge in [-0.25, -0.2) is 0 Å². The number of benzene rings is 1. The van der Waals surface area contributed by atoms with Crippen molar-refractivity contribution in [1.82, 2.24) is 0 Å². The molecule has 0 fully saturated rings. The highest BCUT2D eigenvalue weighted by Gasteiger charge is 2.18. The van der Waals surface area contributed by atoms with E-state index in [2.05, 4.69) is 0 Å². The van der Waals surface area contributed by atoms with Crippen molar-refractivity contribution in [3.05, 3.63) is 29.8 Å². The van der Waals surface area contributed by atoms with Gasteiger partial charge in [0.15, 0.2) is 0 Å². The molecule has 3 nitrogen and oxygen atoms in total. The molecule has 0 atom stereocenters. The van der Waals surface area contributed by atoms with Gasteiger partial charge in [0.05, 0.1) is 0 Å². The zero-order chi connectivity index (χ0) is 13.8. The van der Waals surface area contributed by atoms with Crippen molar-refractivity contribution < 1.29 is 4.79 Å². The number of carbonyl (C=O) groups is 1. The number of amides is 1. The zero-order valence-corrected chi connectivity index (χ0v) is 11.9. The number of carbonyl (C=O) groups excluding carboxylic acids is 1. The quantitative estimate of drug-likeness (QED) is 0.871. The predicted octanol–water partition coefficient (Wildman–Crippen LogP) is 2.87. The average Bonchev–Trinajstić information content (AvgIpc) is 2.29. The number of rotatable bonds is 5. The third-order valence-electron chi connectivity index (χ3n) is 2.95. The minimum Gasteiger partial charge on any atom is -0.326 e. The lowest BCUT2D eigenvalue weighted by molar-refractivity contribution is -0.118. The van der Waals surface area contributed by atoms with Crippen LogP contribution in [0.4, 0.5) is 5.69 Å². The Hall–Kier alpha value is -1.35. The molecule has 0 aliphatic carbocycles. The summed E-state index contributed by atoms with van der Waals surface area (Å²) in [5, 5.41) is 0. The summed E-state index contributed by atoms with van der Waals surface area (Å²) in [6, 6.07) is 8.03. The van der Waals surface area contributed by atoms with E-state index in [0.29, 0.717) is 19.4 Å². The van der Waals surface area contributed by atoms with E-state index in [1.165, 1.54) is 5.56 Å². The van der Waals surface area contributed by atoms with Gasteiger partial charge in [-0.05, 0) is 46.2 Å². The summed E-state index contributed by atoms with van der Waals surface area (Å²) in [5.41, 5.74) is 7.78. The summed E-state index contributed by atoms with van der Waals surface area (Å²) >= 11 is 0. The average molecular weight is 248 g/mol. The van der Waals surface area contributed by atoms with Crippen molar-refractivity contribution in [1.29, 1.82) is 0 Å². The van der Waals surface area contributed by atoms with Crippen LogP contribution in [0.2, 0.25) is 0 Å². The zero-order valence-electron chi connectivity index (χ0n) is 11.9. The van der Waals surface area contributed by atoms with Crippen molar-refractivity contribution in [2.45, 2.75) is 46.1 Å². The molecular weight excluding hydrogens is 224 g/mol. The van der Waals surface area contributed by atoms with Crippen LogP contribution in [0.1, 0.15) is 39.2 Å². The van der Waals surface area contributed by atoms with Gasteiger partial charge in [0, 0.05) is 24.2 Å². The normalized spacial score (nSPS) is 11.4. The number of aryl methyl sites for hydroxylation is 1. The van der Waals surface area contributed by atoms with Gasteiger partial charge in [-0.2, -0.15) is 0 Å². The summed E-state index contributed by atoms with van der Waals surface area (Å²) in [6.07, 6.45) is 1.19. The lowest BCUT2D eigenvalue weighted by Crippen LogP contribution is -2.36. The highest BCUT2D eigenvalue weighted by molar-refractivity contribution is 5.93. The minimum absolute atomic E-state index is 0.139. The van der Waals surface area contributed by atoms with E-state index in [-0.39, 0.29) is 11.4 Å². The molecule has 100 valence electrons. The smallest absolute Gasteiger partial charge is 0.227 e. The second-order valence-electron chi connectivity index (χ2n) is 5.46. The second kappa shape index (κ2) is 6.01. The van der Waals surface area contributed by atoms with Gasteiger partial charge in [-0.3, -0.25) is 4.79 Å². The molecule has 1 aromatic carbocycles. The van der Waals surface area contributed by atoms with Crippen molar-refractivity contribution in [3.8, 4) is 0 Å². The van der Waals surface area contributed by atoms with Gasteiger partial charge < -0.3 is 10.6 Å². The van der Waals surface area contributed by atoms with Gasteiger partial charge in [-0.15, -0.1) is 0 Å². The minimum atomic E-state index is -0.289. The van der Waals surface area contributed by atoms with Gasteiger partial charge in [-0.1, -0.05) is 17.7 Å². The molecule has 1 aromatic rings.